The number of primary amides is 1. The molecule has 0 unspecified atom stereocenters. The van der Waals surface area contributed by atoms with Crippen molar-refractivity contribution in [2.75, 3.05) is 24.5 Å². The molecule has 1 heterocycles. The van der Waals surface area contributed by atoms with Crippen molar-refractivity contribution in [3.63, 3.8) is 0 Å². The van der Waals surface area contributed by atoms with Crippen molar-refractivity contribution in [1.82, 2.24) is 5.32 Å². The maximum atomic E-state index is 11.4. The Balaban J connectivity index is 2.39. The molecule has 0 atom stereocenters. The van der Waals surface area contributed by atoms with Gasteiger partial charge in [-0.1, -0.05) is 11.6 Å². The van der Waals surface area contributed by atoms with Crippen LogP contribution in [-0.2, 0) is 0 Å². The van der Waals surface area contributed by atoms with Gasteiger partial charge in [0.2, 0.25) is 0 Å². The van der Waals surface area contributed by atoms with E-state index in [0.717, 1.165) is 25.3 Å². The summed E-state index contributed by atoms with van der Waals surface area (Å²) in [5.74, 6) is -0.414. The number of nitrogens with one attached hydrogen (secondary N) is 1. The van der Waals surface area contributed by atoms with Gasteiger partial charge in [0, 0.05) is 24.7 Å². The first-order chi connectivity index (χ1) is 8.13. The third kappa shape index (κ3) is 2.37. The number of nitrogens with zero attached hydrogens (tertiary/aromatic N) is 1. The molecule has 1 aliphatic rings. The monoisotopic (exact) mass is 253 g/mol. The molecule has 5 heteroatoms. The summed E-state index contributed by atoms with van der Waals surface area (Å²) in [6.45, 7) is 4.74. The predicted molar refractivity (Wildman–Crippen MR) is 69.6 cm³/mol. The Labute approximate surface area is 106 Å². The first-order valence-corrected chi connectivity index (χ1v) is 6.08. The molecule has 1 amide bonds. The fourth-order valence-corrected chi connectivity index (χ4v) is 2.24. The molecular formula is C12H16ClN3O. The number of likely N-dealkylation sites (N-methyl/N-ethyl adjacent to an activating group) is 1. The molecule has 0 aromatic heterocycles. The van der Waals surface area contributed by atoms with E-state index in [1.54, 1.807) is 12.1 Å². The van der Waals surface area contributed by atoms with E-state index < -0.39 is 5.91 Å². The number of nitrogens with two attached hydrogens (primary N) is 1. The summed E-state index contributed by atoms with van der Waals surface area (Å²) in [6.07, 6.45) is 0. The first kappa shape index (κ1) is 12.2. The van der Waals surface area contributed by atoms with Gasteiger partial charge in [-0.2, -0.15) is 0 Å². The highest BCUT2D eigenvalue weighted by Gasteiger charge is 2.26. The van der Waals surface area contributed by atoms with Gasteiger partial charge in [-0.15, -0.1) is 0 Å². The molecule has 1 fully saturated rings. The van der Waals surface area contributed by atoms with E-state index in [1.165, 1.54) is 0 Å². The lowest BCUT2D eigenvalue weighted by Gasteiger charge is -2.40. The van der Waals surface area contributed by atoms with Crippen LogP contribution in [0.25, 0.3) is 0 Å². The highest BCUT2D eigenvalue weighted by Crippen LogP contribution is 2.27. The van der Waals surface area contributed by atoms with E-state index >= 15 is 0 Å². The number of carbonyl (C=O) groups excluding carboxylic acids is 1. The number of benzene rings is 1. The zero-order chi connectivity index (χ0) is 12.4. The average molecular weight is 254 g/mol. The average Bonchev–Trinajstić information content (AvgIpc) is 2.22. The summed E-state index contributed by atoms with van der Waals surface area (Å²) >= 11 is 5.99. The van der Waals surface area contributed by atoms with Gasteiger partial charge in [0.05, 0.1) is 17.3 Å². The fourth-order valence-electron chi connectivity index (χ4n) is 2.07. The number of anilines is 1. The fraction of sp³-hybridized carbons (Fsp3) is 0.417. The molecule has 1 aromatic carbocycles. The summed E-state index contributed by atoms with van der Waals surface area (Å²) in [5.41, 5.74) is 6.76. The van der Waals surface area contributed by atoms with Gasteiger partial charge in [0.15, 0.2) is 0 Å². The highest BCUT2D eigenvalue weighted by atomic mass is 35.5. The Morgan fingerprint density at radius 2 is 2.29 bits per heavy atom. The van der Waals surface area contributed by atoms with Crippen LogP contribution in [0.2, 0.25) is 5.02 Å². The van der Waals surface area contributed by atoms with Crippen LogP contribution >= 0.6 is 11.6 Å². The van der Waals surface area contributed by atoms with Gasteiger partial charge in [0.1, 0.15) is 0 Å². The minimum atomic E-state index is -0.414. The van der Waals surface area contributed by atoms with Crippen LogP contribution in [0.5, 0.6) is 0 Å². The van der Waals surface area contributed by atoms with Crippen LogP contribution in [0.3, 0.4) is 0 Å². The number of halogens is 1. The van der Waals surface area contributed by atoms with Gasteiger partial charge in [-0.3, -0.25) is 4.79 Å². The summed E-state index contributed by atoms with van der Waals surface area (Å²) in [4.78, 5) is 13.6. The zero-order valence-corrected chi connectivity index (χ0v) is 10.5. The van der Waals surface area contributed by atoms with Gasteiger partial charge in [-0.25, -0.2) is 0 Å². The Morgan fingerprint density at radius 1 is 1.59 bits per heavy atom. The normalized spacial score (nSPS) is 15.4. The van der Waals surface area contributed by atoms with Crippen molar-refractivity contribution >= 4 is 23.2 Å². The largest absolute Gasteiger partial charge is 0.366 e. The summed E-state index contributed by atoms with van der Waals surface area (Å²) in [6, 6.07) is 5.60. The second-order valence-electron chi connectivity index (χ2n) is 4.12. The molecule has 4 nitrogen and oxygen atoms in total. The second kappa shape index (κ2) is 4.94. The number of rotatable bonds is 4. The molecule has 1 aliphatic heterocycles. The van der Waals surface area contributed by atoms with Crippen molar-refractivity contribution in [2.24, 2.45) is 5.73 Å². The van der Waals surface area contributed by atoms with Gasteiger partial charge >= 0.3 is 0 Å². The van der Waals surface area contributed by atoms with Crippen molar-refractivity contribution in [1.29, 1.82) is 0 Å². The topological polar surface area (TPSA) is 58.4 Å². The summed E-state index contributed by atoms with van der Waals surface area (Å²) < 4.78 is 0. The molecule has 0 spiro atoms. The van der Waals surface area contributed by atoms with Crippen LogP contribution in [0, 0.1) is 0 Å². The van der Waals surface area contributed by atoms with Crippen LogP contribution < -0.4 is 16.0 Å². The Hall–Kier alpha value is -1.26. The van der Waals surface area contributed by atoms with E-state index in [2.05, 4.69) is 17.1 Å². The summed E-state index contributed by atoms with van der Waals surface area (Å²) in [7, 11) is 0. The minimum Gasteiger partial charge on any atom is -0.366 e. The third-order valence-corrected chi connectivity index (χ3v) is 3.31. The van der Waals surface area contributed by atoms with Gasteiger partial charge in [-0.05, 0) is 25.1 Å². The summed E-state index contributed by atoms with van der Waals surface area (Å²) in [5, 5.41) is 3.84. The van der Waals surface area contributed by atoms with Crippen molar-refractivity contribution in [3.05, 3.63) is 28.8 Å². The molecule has 3 N–H and O–H groups in total. The van der Waals surface area contributed by atoms with Gasteiger partial charge in [0.25, 0.3) is 5.91 Å². The first-order valence-electron chi connectivity index (χ1n) is 5.70. The third-order valence-electron chi connectivity index (χ3n) is 3.08. The van der Waals surface area contributed by atoms with Crippen molar-refractivity contribution < 1.29 is 4.79 Å². The smallest absolute Gasteiger partial charge is 0.250 e. The van der Waals surface area contributed by atoms with Crippen LogP contribution in [-0.4, -0.2) is 31.6 Å². The molecule has 0 radical (unpaired) electrons. The molecule has 1 aromatic rings. The minimum absolute atomic E-state index is 0.413. The van der Waals surface area contributed by atoms with E-state index in [-0.39, 0.29) is 0 Å². The van der Waals surface area contributed by atoms with Crippen LogP contribution in [0.1, 0.15) is 17.3 Å². The lowest BCUT2D eigenvalue weighted by atomic mass is 10.1. The van der Waals surface area contributed by atoms with E-state index in [1.807, 2.05) is 6.07 Å². The standard InChI is InChI=1S/C12H16ClN3O/c1-2-16(9-6-15-7-9)11-5-8(13)3-4-10(11)12(14)17/h3-5,9,15H,2,6-7H2,1H3,(H2,14,17). The number of hydrogen-bond donors (Lipinski definition) is 2. The van der Waals surface area contributed by atoms with Crippen LogP contribution in [0.15, 0.2) is 18.2 Å². The Bertz CT molecular complexity index is 432. The lowest BCUT2D eigenvalue weighted by Crippen LogP contribution is -2.57. The SMILES string of the molecule is CCN(c1cc(Cl)ccc1C(N)=O)C1CNC1. The molecule has 92 valence electrons. The Kier molecular flexibility index (Phi) is 3.54. The van der Waals surface area contributed by atoms with E-state index in [9.17, 15) is 4.79 Å². The molecule has 0 saturated carbocycles. The molecule has 0 aliphatic carbocycles. The number of hydrogen-bond acceptors (Lipinski definition) is 3. The molecular weight excluding hydrogens is 238 g/mol. The Morgan fingerprint density at radius 3 is 2.76 bits per heavy atom. The molecule has 2 rings (SSSR count). The molecule has 1 saturated heterocycles. The van der Waals surface area contributed by atoms with Crippen molar-refractivity contribution in [2.45, 2.75) is 13.0 Å². The van der Waals surface area contributed by atoms with E-state index in [4.69, 9.17) is 17.3 Å². The van der Waals surface area contributed by atoms with Crippen LogP contribution in [0.4, 0.5) is 5.69 Å². The molecule has 0 bridgehead atoms. The number of carbonyl (C=O) groups is 1. The quantitative estimate of drug-likeness (QED) is 0.849. The molecule has 17 heavy (non-hydrogen) atoms. The highest BCUT2D eigenvalue weighted by molar-refractivity contribution is 6.31. The maximum Gasteiger partial charge on any atom is 0.250 e. The van der Waals surface area contributed by atoms with E-state index in [0.29, 0.717) is 16.6 Å². The van der Waals surface area contributed by atoms with Crippen molar-refractivity contribution in [3.8, 4) is 0 Å². The maximum absolute atomic E-state index is 11.4. The lowest BCUT2D eigenvalue weighted by molar-refractivity contribution is 0.100. The number of amides is 1. The van der Waals surface area contributed by atoms with Gasteiger partial charge < -0.3 is 16.0 Å². The predicted octanol–water partition coefficient (Wildman–Crippen LogP) is 1.24. The second-order valence-corrected chi connectivity index (χ2v) is 4.56. The zero-order valence-electron chi connectivity index (χ0n) is 9.74.